The molecule has 100 valence electrons. The van der Waals surface area contributed by atoms with Gasteiger partial charge in [-0.2, -0.15) is 0 Å². The molecule has 4 nitrogen and oxygen atoms in total. The van der Waals surface area contributed by atoms with Crippen molar-refractivity contribution in [1.29, 1.82) is 0 Å². The molecule has 0 amide bonds. The van der Waals surface area contributed by atoms with E-state index >= 15 is 0 Å². The number of nitrogens with zero attached hydrogens (tertiary/aromatic N) is 2. The van der Waals surface area contributed by atoms with E-state index in [9.17, 15) is 9.59 Å². The Morgan fingerprint density at radius 1 is 1.42 bits per heavy atom. The number of carbonyl (C=O) groups excluding carboxylic acids is 1. The van der Waals surface area contributed by atoms with Gasteiger partial charge >= 0.3 is 0 Å². The van der Waals surface area contributed by atoms with E-state index in [-0.39, 0.29) is 17.9 Å². The number of aromatic nitrogens is 2. The fraction of sp³-hybridized carbons (Fsp3) is 0.182. The first-order valence-electron chi connectivity index (χ1n) is 5.10. The second-order valence-corrected chi connectivity index (χ2v) is 8.31. The van der Waals surface area contributed by atoms with Crippen LogP contribution in [0.4, 0.5) is 0 Å². The van der Waals surface area contributed by atoms with Gasteiger partial charge < -0.3 is 0 Å². The third kappa shape index (κ3) is 3.24. The van der Waals surface area contributed by atoms with Crippen LogP contribution in [-0.4, -0.2) is 15.3 Å². The van der Waals surface area contributed by atoms with Crippen molar-refractivity contribution in [2.24, 2.45) is 0 Å². The van der Waals surface area contributed by atoms with Gasteiger partial charge in [-0.1, -0.05) is 0 Å². The average molecular weight is 471 g/mol. The lowest BCUT2D eigenvalue weighted by Crippen LogP contribution is -2.27. The minimum Gasteiger partial charge on any atom is -0.292 e. The molecule has 2 heterocycles. The largest absolute Gasteiger partial charge is 0.292 e. The third-order valence-corrected chi connectivity index (χ3v) is 5.35. The number of thiophene rings is 1. The maximum absolute atomic E-state index is 12.2. The van der Waals surface area contributed by atoms with Crippen molar-refractivity contribution in [2.75, 3.05) is 0 Å². The molecule has 0 radical (unpaired) electrons. The zero-order valence-corrected chi connectivity index (χ0v) is 15.2. The molecule has 0 atom stereocenters. The first-order chi connectivity index (χ1) is 8.90. The van der Waals surface area contributed by atoms with E-state index in [0.29, 0.717) is 15.9 Å². The summed E-state index contributed by atoms with van der Waals surface area (Å²) >= 11 is 11.2. The Morgan fingerprint density at radius 2 is 2.11 bits per heavy atom. The van der Waals surface area contributed by atoms with Gasteiger partial charge in [0.25, 0.3) is 5.56 Å². The third-order valence-electron chi connectivity index (χ3n) is 2.46. The fourth-order valence-corrected chi connectivity index (χ4v) is 4.67. The number of rotatable bonds is 3. The number of Topliss-reactive ketones (excluding diaryl/α,β-unsaturated/α-hetero) is 1. The molecule has 0 aliphatic carbocycles. The molecule has 0 aromatic carbocycles. The van der Waals surface area contributed by atoms with Crippen LogP contribution < -0.4 is 5.56 Å². The lowest BCUT2D eigenvalue weighted by Gasteiger charge is -2.08. The van der Waals surface area contributed by atoms with Crippen LogP contribution in [0.3, 0.4) is 0 Å². The van der Waals surface area contributed by atoms with Gasteiger partial charge in [-0.05, 0) is 60.8 Å². The van der Waals surface area contributed by atoms with Gasteiger partial charge in [0.05, 0.1) is 14.1 Å². The van der Waals surface area contributed by atoms with E-state index in [1.807, 2.05) is 0 Å². The van der Waals surface area contributed by atoms with Crippen LogP contribution in [-0.2, 0) is 6.54 Å². The van der Waals surface area contributed by atoms with Gasteiger partial charge in [0.1, 0.15) is 10.3 Å². The molecule has 0 unspecified atom stereocenters. The molecular formula is C11H7Br3N2O2S. The highest BCUT2D eigenvalue weighted by atomic mass is 79.9. The van der Waals surface area contributed by atoms with Gasteiger partial charge in [0.15, 0.2) is 5.78 Å². The average Bonchev–Trinajstić information content (AvgIpc) is 2.69. The van der Waals surface area contributed by atoms with Crippen LogP contribution in [0.5, 0.6) is 0 Å². The van der Waals surface area contributed by atoms with Gasteiger partial charge in [-0.15, -0.1) is 11.3 Å². The smallest absolute Gasteiger partial charge is 0.268 e. The molecule has 2 aromatic rings. The van der Waals surface area contributed by atoms with Crippen molar-refractivity contribution in [3.63, 3.8) is 0 Å². The first kappa shape index (κ1) is 15.1. The Hall–Kier alpha value is -0.310. The number of halogens is 3. The quantitative estimate of drug-likeness (QED) is 0.641. The van der Waals surface area contributed by atoms with Crippen LogP contribution in [0.2, 0.25) is 0 Å². The first-order valence-corrected chi connectivity index (χ1v) is 8.29. The van der Waals surface area contributed by atoms with E-state index in [0.717, 1.165) is 7.57 Å². The molecule has 8 heteroatoms. The van der Waals surface area contributed by atoms with Crippen LogP contribution in [0, 0.1) is 6.92 Å². The molecule has 2 rings (SSSR count). The summed E-state index contributed by atoms with van der Waals surface area (Å²) in [5, 5.41) is 0. The highest BCUT2D eigenvalue weighted by molar-refractivity contribution is 9.12. The second-order valence-electron chi connectivity index (χ2n) is 3.71. The monoisotopic (exact) mass is 468 g/mol. The van der Waals surface area contributed by atoms with Crippen molar-refractivity contribution in [2.45, 2.75) is 13.5 Å². The minimum absolute atomic E-state index is 0.0289. The van der Waals surface area contributed by atoms with Crippen molar-refractivity contribution < 1.29 is 4.79 Å². The van der Waals surface area contributed by atoms with Crippen molar-refractivity contribution in [3.05, 3.63) is 46.1 Å². The minimum atomic E-state index is -0.258. The number of carbonyl (C=O) groups is 1. The Labute approximate surface area is 138 Å². The Bertz CT molecular complexity index is 708. The van der Waals surface area contributed by atoms with Crippen molar-refractivity contribution in [3.8, 4) is 0 Å². The van der Waals surface area contributed by atoms with E-state index in [1.165, 1.54) is 22.1 Å². The summed E-state index contributed by atoms with van der Waals surface area (Å²) in [6.07, 6.45) is 1.44. The van der Waals surface area contributed by atoms with E-state index in [2.05, 4.69) is 52.8 Å². The predicted octanol–water partition coefficient (Wildman–Crippen LogP) is 3.78. The lowest BCUT2D eigenvalue weighted by molar-refractivity contribution is 0.0969. The summed E-state index contributed by atoms with van der Waals surface area (Å²) in [7, 11) is 0. The molecular weight excluding hydrogens is 464 g/mol. The van der Waals surface area contributed by atoms with Crippen LogP contribution in [0.15, 0.2) is 29.1 Å². The molecule has 0 aliphatic rings. The Balaban J connectivity index is 2.37. The van der Waals surface area contributed by atoms with E-state index in [4.69, 9.17) is 0 Å². The SMILES string of the molecule is Cc1ncc(Br)c(=O)n1CC(=O)c1cc(Br)sc1Br. The van der Waals surface area contributed by atoms with Crippen molar-refractivity contribution in [1.82, 2.24) is 9.55 Å². The molecule has 0 fully saturated rings. The standard InChI is InChI=1S/C11H7Br3N2O2S/c1-5-15-3-7(12)11(18)16(5)4-8(17)6-2-9(13)19-10(6)14/h2-3H,4H2,1H3. The van der Waals surface area contributed by atoms with E-state index in [1.54, 1.807) is 13.0 Å². The molecule has 0 saturated heterocycles. The van der Waals surface area contributed by atoms with Crippen LogP contribution >= 0.6 is 59.1 Å². The highest BCUT2D eigenvalue weighted by Gasteiger charge is 2.16. The Morgan fingerprint density at radius 3 is 2.68 bits per heavy atom. The van der Waals surface area contributed by atoms with Gasteiger partial charge in [0.2, 0.25) is 0 Å². The zero-order valence-electron chi connectivity index (χ0n) is 9.61. The predicted molar refractivity (Wildman–Crippen MR) is 85.0 cm³/mol. The van der Waals surface area contributed by atoms with Gasteiger partial charge in [-0.3, -0.25) is 14.2 Å². The van der Waals surface area contributed by atoms with Gasteiger partial charge in [-0.25, -0.2) is 4.98 Å². The highest BCUT2D eigenvalue weighted by Crippen LogP contribution is 2.32. The molecule has 0 saturated carbocycles. The molecule has 0 N–H and O–H groups in total. The van der Waals surface area contributed by atoms with Gasteiger partial charge in [0, 0.05) is 11.8 Å². The summed E-state index contributed by atoms with van der Waals surface area (Å²) < 4.78 is 3.30. The number of aryl methyl sites for hydroxylation is 1. The summed E-state index contributed by atoms with van der Waals surface area (Å²) in [6.45, 7) is 1.67. The topological polar surface area (TPSA) is 52.0 Å². The Kier molecular flexibility index (Phi) is 4.75. The van der Waals surface area contributed by atoms with Crippen molar-refractivity contribution >= 4 is 64.9 Å². The molecule has 2 aromatic heterocycles. The summed E-state index contributed by atoms with van der Waals surface area (Å²) in [5.74, 6) is 0.367. The van der Waals surface area contributed by atoms with Crippen LogP contribution in [0.1, 0.15) is 16.2 Å². The normalized spacial score (nSPS) is 10.7. The van der Waals surface area contributed by atoms with Crippen LogP contribution in [0.25, 0.3) is 0 Å². The number of ketones is 1. The molecule has 0 aliphatic heterocycles. The maximum Gasteiger partial charge on any atom is 0.268 e. The number of hydrogen-bond donors (Lipinski definition) is 0. The zero-order chi connectivity index (χ0) is 14.2. The second kappa shape index (κ2) is 5.99. The van der Waals surface area contributed by atoms with E-state index < -0.39 is 0 Å². The number of hydrogen-bond acceptors (Lipinski definition) is 4. The summed E-state index contributed by atoms with van der Waals surface area (Å²) in [5.41, 5.74) is 0.300. The molecule has 0 spiro atoms. The lowest BCUT2D eigenvalue weighted by atomic mass is 10.2. The fourth-order valence-electron chi connectivity index (χ4n) is 1.50. The summed E-state index contributed by atoms with van der Waals surface area (Å²) in [6, 6.07) is 1.74. The maximum atomic E-state index is 12.2. The molecule has 0 bridgehead atoms. The molecule has 19 heavy (non-hydrogen) atoms. The summed E-state index contributed by atoms with van der Waals surface area (Å²) in [4.78, 5) is 28.2.